The van der Waals surface area contributed by atoms with Crippen LogP contribution in [-0.4, -0.2) is 53.3 Å². The molecule has 1 fully saturated rings. The second kappa shape index (κ2) is 10.6. The van der Waals surface area contributed by atoms with Gasteiger partial charge >= 0.3 is 0 Å². The number of hydrogen-bond acceptors (Lipinski definition) is 6. The van der Waals surface area contributed by atoms with Crippen LogP contribution in [0.1, 0.15) is 18.5 Å². The van der Waals surface area contributed by atoms with Gasteiger partial charge in [-0.15, -0.1) is 0 Å². The lowest BCUT2D eigenvalue weighted by atomic mass is 9.98. The summed E-state index contributed by atoms with van der Waals surface area (Å²) in [6.45, 7) is 2.33. The summed E-state index contributed by atoms with van der Waals surface area (Å²) in [5.41, 5.74) is 2.84. The summed E-state index contributed by atoms with van der Waals surface area (Å²) in [5.74, 6) is 1.31. The molecule has 0 spiro atoms. The zero-order chi connectivity index (χ0) is 25.8. The van der Waals surface area contributed by atoms with Gasteiger partial charge in [-0.25, -0.2) is 0 Å². The standard InChI is InChI=1S/C28H31N3O5/c1-6-36-22-13-11-21(12-14-22)31-26(32)18-30(24-16-15-23(34-4)17-25(24)35-5)28(33)27(31)19-7-9-20(10-8-19)29(2)3/h7-17,27H,6,18H2,1-5H3/t27-/m1/s1. The van der Waals surface area contributed by atoms with Gasteiger partial charge in [-0.05, 0) is 61.0 Å². The molecule has 0 aliphatic carbocycles. The van der Waals surface area contributed by atoms with E-state index < -0.39 is 6.04 Å². The van der Waals surface area contributed by atoms with Crippen LogP contribution in [0, 0.1) is 0 Å². The molecule has 3 aromatic rings. The molecule has 0 bridgehead atoms. The van der Waals surface area contributed by atoms with E-state index in [9.17, 15) is 9.59 Å². The number of rotatable bonds is 8. The van der Waals surface area contributed by atoms with Gasteiger partial charge in [0.15, 0.2) is 0 Å². The van der Waals surface area contributed by atoms with Crippen molar-refractivity contribution in [3.8, 4) is 17.2 Å². The van der Waals surface area contributed by atoms with Crippen molar-refractivity contribution in [2.24, 2.45) is 0 Å². The zero-order valence-electron chi connectivity index (χ0n) is 21.2. The fraction of sp³-hybridized carbons (Fsp3) is 0.286. The molecule has 1 aliphatic rings. The summed E-state index contributed by atoms with van der Waals surface area (Å²) in [5, 5.41) is 0. The molecule has 1 heterocycles. The minimum absolute atomic E-state index is 0.124. The normalized spacial score (nSPS) is 15.6. The molecule has 0 unspecified atom stereocenters. The third-order valence-electron chi connectivity index (χ3n) is 6.15. The van der Waals surface area contributed by atoms with Crippen LogP contribution in [0.4, 0.5) is 17.1 Å². The van der Waals surface area contributed by atoms with Crippen molar-refractivity contribution < 1.29 is 23.8 Å². The highest BCUT2D eigenvalue weighted by molar-refractivity contribution is 6.15. The van der Waals surface area contributed by atoms with Crippen LogP contribution in [0.3, 0.4) is 0 Å². The number of carbonyl (C=O) groups excluding carboxylic acids is 2. The van der Waals surface area contributed by atoms with Gasteiger partial charge in [-0.2, -0.15) is 0 Å². The molecule has 2 amide bonds. The van der Waals surface area contributed by atoms with Crippen molar-refractivity contribution in [2.45, 2.75) is 13.0 Å². The van der Waals surface area contributed by atoms with E-state index in [1.54, 1.807) is 42.3 Å². The first kappa shape index (κ1) is 24.9. The van der Waals surface area contributed by atoms with Gasteiger partial charge in [-0.1, -0.05) is 12.1 Å². The maximum atomic E-state index is 14.1. The summed E-state index contributed by atoms with van der Waals surface area (Å²) in [6.07, 6.45) is 0. The monoisotopic (exact) mass is 489 g/mol. The zero-order valence-corrected chi connectivity index (χ0v) is 21.2. The lowest BCUT2D eigenvalue weighted by Crippen LogP contribution is -2.56. The number of ether oxygens (including phenoxy) is 3. The van der Waals surface area contributed by atoms with Gasteiger partial charge in [0.1, 0.15) is 29.8 Å². The fourth-order valence-electron chi connectivity index (χ4n) is 4.31. The van der Waals surface area contributed by atoms with Crippen molar-refractivity contribution in [3.05, 3.63) is 72.3 Å². The van der Waals surface area contributed by atoms with Crippen molar-refractivity contribution in [3.63, 3.8) is 0 Å². The van der Waals surface area contributed by atoms with E-state index in [0.717, 1.165) is 5.69 Å². The SMILES string of the molecule is CCOc1ccc(N2C(=O)CN(c3ccc(OC)cc3OC)C(=O)[C@H]2c2ccc(N(C)C)cc2)cc1. The summed E-state index contributed by atoms with van der Waals surface area (Å²) >= 11 is 0. The van der Waals surface area contributed by atoms with E-state index in [-0.39, 0.29) is 18.4 Å². The van der Waals surface area contributed by atoms with E-state index in [0.29, 0.717) is 40.8 Å². The summed E-state index contributed by atoms with van der Waals surface area (Å²) in [6, 6.07) is 19.2. The van der Waals surface area contributed by atoms with Crippen molar-refractivity contribution in [2.75, 3.05) is 56.2 Å². The van der Waals surface area contributed by atoms with E-state index in [1.165, 1.54) is 12.0 Å². The van der Waals surface area contributed by atoms with Crippen LogP contribution in [0.2, 0.25) is 0 Å². The predicted molar refractivity (Wildman–Crippen MR) is 141 cm³/mol. The number of carbonyl (C=O) groups is 2. The lowest BCUT2D eigenvalue weighted by Gasteiger charge is -2.40. The first-order valence-electron chi connectivity index (χ1n) is 11.7. The Labute approximate surface area is 211 Å². The van der Waals surface area contributed by atoms with Crippen LogP contribution >= 0.6 is 0 Å². The molecule has 1 saturated heterocycles. The van der Waals surface area contributed by atoms with Crippen LogP contribution in [0.15, 0.2) is 66.7 Å². The Kier molecular flexibility index (Phi) is 7.33. The summed E-state index contributed by atoms with van der Waals surface area (Å²) in [7, 11) is 6.99. The molecular weight excluding hydrogens is 458 g/mol. The number of anilines is 3. The Balaban J connectivity index is 1.79. The Morgan fingerprint density at radius 1 is 0.889 bits per heavy atom. The average molecular weight is 490 g/mol. The third kappa shape index (κ3) is 4.79. The van der Waals surface area contributed by atoms with Crippen molar-refractivity contribution in [1.29, 1.82) is 0 Å². The Bertz CT molecular complexity index is 1220. The molecule has 0 saturated carbocycles. The molecule has 1 aliphatic heterocycles. The van der Waals surface area contributed by atoms with Gasteiger partial charge < -0.3 is 19.1 Å². The smallest absolute Gasteiger partial charge is 0.255 e. The van der Waals surface area contributed by atoms with E-state index in [4.69, 9.17) is 14.2 Å². The summed E-state index contributed by atoms with van der Waals surface area (Å²) in [4.78, 5) is 32.7. The van der Waals surface area contributed by atoms with E-state index in [1.807, 2.05) is 62.3 Å². The quantitative estimate of drug-likeness (QED) is 0.470. The minimum Gasteiger partial charge on any atom is -0.497 e. The highest BCUT2D eigenvalue weighted by Gasteiger charge is 2.42. The molecule has 8 nitrogen and oxygen atoms in total. The first-order chi connectivity index (χ1) is 17.4. The number of piperazine rings is 1. The fourth-order valence-corrected chi connectivity index (χ4v) is 4.31. The highest BCUT2D eigenvalue weighted by Crippen LogP contribution is 2.39. The molecule has 1 atom stereocenters. The van der Waals surface area contributed by atoms with Crippen LogP contribution in [0.25, 0.3) is 0 Å². The molecular formula is C28H31N3O5. The highest BCUT2D eigenvalue weighted by atomic mass is 16.5. The van der Waals surface area contributed by atoms with Crippen LogP contribution in [-0.2, 0) is 9.59 Å². The van der Waals surface area contributed by atoms with Gasteiger partial charge in [0.25, 0.3) is 5.91 Å². The van der Waals surface area contributed by atoms with Crippen molar-refractivity contribution in [1.82, 2.24) is 0 Å². The van der Waals surface area contributed by atoms with Crippen molar-refractivity contribution >= 4 is 28.9 Å². The third-order valence-corrected chi connectivity index (χ3v) is 6.15. The Morgan fingerprint density at radius 2 is 1.56 bits per heavy atom. The second-order valence-corrected chi connectivity index (χ2v) is 8.54. The molecule has 188 valence electrons. The number of hydrogen-bond donors (Lipinski definition) is 0. The summed E-state index contributed by atoms with van der Waals surface area (Å²) < 4.78 is 16.4. The van der Waals surface area contributed by atoms with E-state index in [2.05, 4.69) is 0 Å². The largest absolute Gasteiger partial charge is 0.497 e. The van der Waals surface area contributed by atoms with Gasteiger partial charge in [0.05, 0.1) is 26.5 Å². The second-order valence-electron chi connectivity index (χ2n) is 8.54. The van der Waals surface area contributed by atoms with Gasteiger partial charge in [0, 0.05) is 31.5 Å². The lowest BCUT2D eigenvalue weighted by molar-refractivity contribution is -0.128. The molecule has 4 rings (SSSR count). The van der Waals surface area contributed by atoms with Crippen LogP contribution < -0.4 is 28.9 Å². The maximum absolute atomic E-state index is 14.1. The van der Waals surface area contributed by atoms with Gasteiger partial charge in [0.2, 0.25) is 5.91 Å². The predicted octanol–water partition coefficient (Wildman–Crippen LogP) is 4.29. The minimum atomic E-state index is -0.854. The molecule has 0 aromatic heterocycles. The molecule has 0 N–H and O–H groups in total. The molecule has 36 heavy (non-hydrogen) atoms. The Hall–Kier alpha value is -4.20. The van der Waals surface area contributed by atoms with E-state index >= 15 is 0 Å². The molecule has 0 radical (unpaired) electrons. The van der Waals surface area contributed by atoms with Gasteiger partial charge in [-0.3, -0.25) is 19.4 Å². The maximum Gasteiger partial charge on any atom is 0.255 e. The number of methoxy groups -OCH3 is 2. The number of nitrogens with zero attached hydrogens (tertiary/aromatic N) is 3. The average Bonchev–Trinajstić information content (AvgIpc) is 2.90. The first-order valence-corrected chi connectivity index (χ1v) is 11.7. The van der Waals surface area contributed by atoms with Crippen LogP contribution in [0.5, 0.6) is 17.2 Å². The Morgan fingerprint density at radius 3 is 2.14 bits per heavy atom. The molecule has 8 heteroatoms. The topological polar surface area (TPSA) is 71.5 Å². The number of amides is 2. The molecule has 3 aromatic carbocycles. The number of benzene rings is 3.